The smallest absolute Gasteiger partial charge is 0.125 e. The van der Waals surface area contributed by atoms with Crippen molar-refractivity contribution in [2.45, 2.75) is 39.7 Å². The van der Waals surface area contributed by atoms with Crippen LogP contribution >= 0.6 is 0 Å². The lowest BCUT2D eigenvalue weighted by molar-refractivity contribution is 0.510. The van der Waals surface area contributed by atoms with Gasteiger partial charge in [0.25, 0.3) is 0 Å². The molecular weight excluding hydrogens is 239 g/mol. The van der Waals surface area contributed by atoms with Crippen molar-refractivity contribution in [2.75, 3.05) is 24.5 Å². The summed E-state index contributed by atoms with van der Waals surface area (Å²) < 4.78 is 13.4. The first-order valence-corrected chi connectivity index (χ1v) is 7.33. The van der Waals surface area contributed by atoms with Gasteiger partial charge in [-0.15, -0.1) is 0 Å². The lowest BCUT2D eigenvalue weighted by Crippen LogP contribution is -2.40. The largest absolute Gasteiger partial charge is 0.367 e. The molecule has 1 aliphatic rings. The molecule has 1 atom stereocenters. The maximum Gasteiger partial charge on any atom is 0.125 e. The van der Waals surface area contributed by atoms with Gasteiger partial charge in [-0.05, 0) is 49.9 Å². The zero-order valence-corrected chi connectivity index (χ0v) is 12.2. The molecule has 1 heterocycles. The average Bonchev–Trinajstić information content (AvgIpc) is 2.77. The molecule has 1 aromatic rings. The van der Waals surface area contributed by atoms with E-state index in [1.54, 1.807) is 12.1 Å². The van der Waals surface area contributed by atoms with E-state index in [4.69, 9.17) is 0 Å². The van der Waals surface area contributed by atoms with Crippen molar-refractivity contribution in [1.29, 1.82) is 0 Å². The first-order valence-electron chi connectivity index (χ1n) is 7.33. The Morgan fingerprint density at radius 2 is 2.11 bits per heavy atom. The van der Waals surface area contributed by atoms with Crippen molar-refractivity contribution >= 4 is 5.69 Å². The summed E-state index contributed by atoms with van der Waals surface area (Å²) in [4.78, 5) is 2.32. The second-order valence-corrected chi connectivity index (χ2v) is 5.95. The minimum absolute atomic E-state index is 0.134. The standard InChI is InChI=1S/C16H25FN2/c1-12(2)6-8-18-11-13(3)19-9-7-14-4-5-15(17)10-16(14)19/h4-5,10,12-13,18H,6-9,11H2,1-3H3. The van der Waals surface area contributed by atoms with E-state index >= 15 is 0 Å². The van der Waals surface area contributed by atoms with Crippen molar-refractivity contribution < 1.29 is 4.39 Å². The van der Waals surface area contributed by atoms with Crippen molar-refractivity contribution in [3.05, 3.63) is 29.6 Å². The molecule has 106 valence electrons. The van der Waals surface area contributed by atoms with Gasteiger partial charge >= 0.3 is 0 Å². The summed E-state index contributed by atoms with van der Waals surface area (Å²) >= 11 is 0. The van der Waals surface area contributed by atoms with Crippen LogP contribution in [0.3, 0.4) is 0 Å². The molecule has 19 heavy (non-hydrogen) atoms. The Balaban J connectivity index is 1.88. The Kier molecular flexibility index (Phi) is 4.81. The number of nitrogens with zero attached hydrogens (tertiary/aromatic N) is 1. The topological polar surface area (TPSA) is 15.3 Å². The summed E-state index contributed by atoms with van der Waals surface area (Å²) in [5.74, 6) is 0.607. The fourth-order valence-corrected chi connectivity index (χ4v) is 2.65. The maximum absolute atomic E-state index is 13.4. The molecule has 0 bridgehead atoms. The number of fused-ring (bicyclic) bond motifs is 1. The second-order valence-electron chi connectivity index (χ2n) is 5.95. The summed E-state index contributed by atoms with van der Waals surface area (Å²) in [5, 5.41) is 3.50. The molecule has 0 aromatic heterocycles. The van der Waals surface area contributed by atoms with Gasteiger partial charge in [0.05, 0.1) is 0 Å². The van der Waals surface area contributed by atoms with Gasteiger partial charge < -0.3 is 10.2 Å². The molecule has 1 unspecified atom stereocenters. The summed E-state index contributed by atoms with van der Waals surface area (Å²) in [6.45, 7) is 9.72. The van der Waals surface area contributed by atoms with Gasteiger partial charge in [-0.25, -0.2) is 4.39 Å². The quantitative estimate of drug-likeness (QED) is 0.794. The van der Waals surface area contributed by atoms with Gasteiger partial charge in [0.15, 0.2) is 0 Å². The number of hydrogen-bond donors (Lipinski definition) is 1. The van der Waals surface area contributed by atoms with Gasteiger partial charge in [-0.2, -0.15) is 0 Å². The van der Waals surface area contributed by atoms with Gasteiger partial charge in [0.1, 0.15) is 5.82 Å². The van der Waals surface area contributed by atoms with E-state index < -0.39 is 0 Å². The highest BCUT2D eigenvalue weighted by molar-refractivity contribution is 5.58. The molecule has 0 saturated carbocycles. The molecule has 0 spiro atoms. The minimum atomic E-state index is -0.134. The first-order chi connectivity index (χ1) is 9.08. The molecule has 2 rings (SSSR count). The number of nitrogens with one attached hydrogen (secondary N) is 1. The second kappa shape index (κ2) is 6.38. The van der Waals surface area contributed by atoms with Crippen LogP contribution in [0.25, 0.3) is 0 Å². The number of benzene rings is 1. The first kappa shape index (κ1) is 14.3. The molecule has 0 radical (unpaired) electrons. The minimum Gasteiger partial charge on any atom is -0.367 e. The normalized spacial score (nSPS) is 15.9. The van der Waals surface area contributed by atoms with Crippen LogP contribution < -0.4 is 10.2 Å². The Hall–Kier alpha value is -1.09. The predicted molar refractivity (Wildman–Crippen MR) is 79.2 cm³/mol. The van der Waals surface area contributed by atoms with Crippen LogP contribution in [0.5, 0.6) is 0 Å². The highest BCUT2D eigenvalue weighted by Crippen LogP contribution is 2.30. The van der Waals surface area contributed by atoms with Crippen LogP contribution in [0.15, 0.2) is 18.2 Å². The SMILES string of the molecule is CC(C)CCNCC(C)N1CCc2ccc(F)cc21. The van der Waals surface area contributed by atoms with Crippen molar-refractivity contribution in [2.24, 2.45) is 5.92 Å². The van der Waals surface area contributed by atoms with Crippen molar-refractivity contribution in [3.63, 3.8) is 0 Å². The fourth-order valence-electron chi connectivity index (χ4n) is 2.65. The van der Waals surface area contributed by atoms with Crippen LogP contribution in [-0.2, 0) is 6.42 Å². The molecule has 0 aliphatic carbocycles. The van der Waals surface area contributed by atoms with E-state index in [0.717, 1.165) is 37.7 Å². The van der Waals surface area contributed by atoms with Crippen molar-refractivity contribution in [1.82, 2.24) is 5.32 Å². The number of rotatable bonds is 6. The summed E-state index contributed by atoms with van der Waals surface area (Å²) in [5.41, 5.74) is 2.36. The van der Waals surface area contributed by atoms with E-state index in [1.807, 2.05) is 6.07 Å². The summed E-state index contributed by atoms with van der Waals surface area (Å²) in [7, 11) is 0. The van der Waals surface area contributed by atoms with Crippen LogP contribution in [0.4, 0.5) is 10.1 Å². The van der Waals surface area contributed by atoms with Gasteiger partial charge in [0.2, 0.25) is 0 Å². The Morgan fingerprint density at radius 1 is 1.32 bits per heavy atom. The average molecular weight is 264 g/mol. The molecular formula is C16H25FN2. The Morgan fingerprint density at radius 3 is 2.84 bits per heavy atom. The molecule has 0 amide bonds. The number of anilines is 1. The summed E-state index contributed by atoms with van der Waals surface area (Å²) in [6, 6.07) is 5.57. The third-order valence-corrected chi connectivity index (χ3v) is 3.85. The lowest BCUT2D eigenvalue weighted by Gasteiger charge is -2.27. The monoisotopic (exact) mass is 264 g/mol. The van der Waals surface area contributed by atoms with E-state index in [-0.39, 0.29) is 5.82 Å². The molecule has 3 heteroatoms. The molecule has 1 aliphatic heterocycles. The van der Waals surface area contributed by atoms with Gasteiger partial charge in [0, 0.05) is 24.8 Å². The lowest BCUT2D eigenvalue weighted by atomic mass is 10.1. The van der Waals surface area contributed by atoms with Crippen LogP contribution in [0, 0.1) is 11.7 Å². The fraction of sp³-hybridized carbons (Fsp3) is 0.625. The van der Waals surface area contributed by atoms with E-state index in [0.29, 0.717) is 6.04 Å². The predicted octanol–water partition coefficient (Wildman–Crippen LogP) is 3.21. The van der Waals surface area contributed by atoms with Crippen LogP contribution in [-0.4, -0.2) is 25.7 Å². The zero-order valence-electron chi connectivity index (χ0n) is 12.2. The van der Waals surface area contributed by atoms with Crippen molar-refractivity contribution in [3.8, 4) is 0 Å². The molecule has 1 aromatic carbocycles. The maximum atomic E-state index is 13.4. The zero-order chi connectivity index (χ0) is 13.8. The number of halogens is 1. The molecule has 2 nitrogen and oxygen atoms in total. The van der Waals surface area contributed by atoms with Crippen LogP contribution in [0.1, 0.15) is 32.8 Å². The van der Waals surface area contributed by atoms with Gasteiger partial charge in [-0.3, -0.25) is 0 Å². The Labute approximate surface area is 116 Å². The van der Waals surface area contributed by atoms with Gasteiger partial charge in [-0.1, -0.05) is 19.9 Å². The van der Waals surface area contributed by atoms with E-state index in [1.165, 1.54) is 12.0 Å². The Bertz CT molecular complexity index is 417. The van der Waals surface area contributed by atoms with E-state index in [2.05, 4.69) is 31.0 Å². The highest BCUT2D eigenvalue weighted by atomic mass is 19.1. The molecule has 0 saturated heterocycles. The molecule has 0 fully saturated rings. The third-order valence-electron chi connectivity index (χ3n) is 3.85. The highest BCUT2D eigenvalue weighted by Gasteiger charge is 2.23. The number of hydrogen-bond acceptors (Lipinski definition) is 2. The van der Waals surface area contributed by atoms with Crippen LogP contribution in [0.2, 0.25) is 0 Å². The van der Waals surface area contributed by atoms with E-state index in [9.17, 15) is 4.39 Å². The third kappa shape index (κ3) is 3.69. The molecule has 1 N–H and O–H groups in total. The summed E-state index contributed by atoms with van der Waals surface area (Å²) in [6.07, 6.45) is 2.24.